The second-order valence-corrected chi connectivity index (χ2v) is 4.76. The van der Waals surface area contributed by atoms with Gasteiger partial charge in [-0.05, 0) is 44.9 Å². The van der Waals surface area contributed by atoms with E-state index in [4.69, 9.17) is 5.73 Å². The van der Waals surface area contributed by atoms with Crippen molar-refractivity contribution in [2.24, 2.45) is 11.7 Å². The first-order valence-corrected chi connectivity index (χ1v) is 6.72. The number of anilines is 1. The topological polar surface area (TPSA) is 29.3 Å². The molecule has 0 amide bonds. The van der Waals surface area contributed by atoms with Crippen LogP contribution in [0.2, 0.25) is 0 Å². The molecular weight excluding hydrogens is 208 g/mol. The molecule has 2 heteroatoms. The number of aryl methyl sites for hydroxylation is 1. The lowest BCUT2D eigenvalue weighted by atomic mass is 10.0. The van der Waals surface area contributed by atoms with Crippen LogP contribution in [0.25, 0.3) is 0 Å². The van der Waals surface area contributed by atoms with Crippen LogP contribution in [0.1, 0.15) is 32.3 Å². The van der Waals surface area contributed by atoms with Gasteiger partial charge in [-0.1, -0.05) is 31.0 Å². The summed E-state index contributed by atoms with van der Waals surface area (Å²) >= 11 is 0. The molecule has 1 rings (SSSR count). The Balaban J connectivity index is 2.67. The van der Waals surface area contributed by atoms with Gasteiger partial charge in [0.25, 0.3) is 0 Å². The van der Waals surface area contributed by atoms with Crippen LogP contribution in [-0.4, -0.2) is 19.6 Å². The number of nitrogens with two attached hydrogens (primary N) is 1. The van der Waals surface area contributed by atoms with Crippen LogP contribution in [0.15, 0.2) is 24.3 Å². The van der Waals surface area contributed by atoms with Crippen LogP contribution in [0.5, 0.6) is 0 Å². The van der Waals surface area contributed by atoms with Gasteiger partial charge < -0.3 is 10.6 Å². The number of rotatable bonds is 7. The summed E-state index contributed by atoms with van der Waals surface area (Å²) in [6.07, 6.45) is 2.44. The molecule has 0 bridgehead atoms. The molecule has 0 aliphatic carbocycles. The molecular formula is C15H26N2. The summed E-state index contributed by atoms with van der Waals surface area (Å²) in [5.41, 5.74) is 8.46. The van der Waals surface area contributed by atoms with Crippen LogP contribution in [0.3, 0.4) is 0 Å². The van der Waals surface area contributed by atoms with Gasteiger partial charge >= 0.3 is 0 Å². The highest BCUT2D eigenvalue weighted by molar-refractivity contribution is 5.47. The van der Waals surface area contributed by atoms with Gasteiger partial charge in [0, 0.05) is 18.8 Å². The fourth-order valence-electron chi connectivity index (χ4n) is 2.18. The SMILES string of the molecule is CCCC(CN)CN(CC)c1ccc(C)cc1. The zero-order valence-corrected chi connectivity index (χ0v) is 11.4. The fraction of sp³-hybridized carbons (Fsp3) is 0.600. The van der Waals surface area contributed by atoms with Gasteiger partial charge in [0.05, 0.1) is 0 Å². The van der Waals surface area contributed by atoms with Gasteiger partial charge in [-0.2, -0.15) is 0 Å². The minimum atomic E-state index is 0.612. The Morgan fingerprint density at radius 3 is 2.29 bits per heavy atom. The van der Waals surface area contributed by atoms with Gasteiger partial charge in [-0.25, -0.2) is 0 Å². The maximum atomic E-state index is 5.84. The molecule has 2 N–H and O–H groups in total. The monoisotopic (exact) mass is 234 g/mol. The van der Waals surface area contributed by atoms with Crippen molar-refractivity contribution >= 4 is 5.69 Å². The maximum absolute atomic E-state index is 5.84. The van der Waals surface area contributed by atoms with Crippen LogP contribution >= 0.6 is 0 Å². The smallest absolute Gasteiger partial charge is 0.0366 e. The van der Waals surface area contributed by atoms with Crippen molar-refractivity contribution in [2.45, 2.75) is 33.6 Å². The van der Waals surface area contributed by atoms with Gasteiger partial charge in [0.1, 0.15) is 0 Å². The first-order chi connectivity index (χ1) is 8.21. The highest BCUT2D eigenvalue weighted by atomic mass is 15.1. The Labute approximate surface area is 106 Å². The molecule has 0 aromatic heterocycles. The number of nitrogens with zero attached hydrogens (tertiary/aromatic N) is 1. The quantitative estimate of drug-likeness (QED) is 0.785. The summed E-state index contributed by atoms with van der Waals surface area (Å²) in [6.45, 7) is 9.47. The average molecular weight is 234 g/mol. The van der Waals surface area contributed by atoms with E-state index in [-0.39, 0.29) is 0 Å². The van der Waals surface area contributed by atoms with Crippen molar-refractivity contribution in [2.75, 3.05) is 24.5 Å². The Morgan fingerprint density at radius 1 is 1.18 bits per heavy atom. The minimum Gasteiger partial charge on any atom is -0.371 e. The molecule has 0 spiro atoms. The number of benzene rings is 1. The standard InChI is InChI=1S/C15H26N2/c1-4-6-14(11-16)12-17(5-2)15-9-7-13(3)8-10-15/h7-10,14H,4-6,11-12,16H2,1-3H3. The van der Waals surface area contributed by atoms with Gasteiger partial charge in [0.2, 0.25) is 0 Å². The van der Waals surface area contributed by atoms with Gasteiger partial charge in [0.15, 0.2) is 0 Å². The van der Waals surface area contributed by atoms with E-state index in [0.29, 0.717) is 5.92 Å². The summed E-state index contributed by atoms with van der Waals surface area (Å²) in [5.74, 6) is 0.612. The second kappa shape index (κ2) is 7.33. The molecule has 0 aliphatic heterocycles. The first kappa shape index (κ1) is 14.0. The van der Waals surface area contributed by atoms with E-state index in [1.165, 1.54) is 24.1 Å². The Bertz CT molecular complexity index is 305. The van der Waals surface area contributed by atoms with Crippen LogP contribution in [-0.2, 0) is 0 Å². The van der Waals surface area contributed by atoms with Gasteiger partial charge in [-0.15, -0.1) is 0 Å². The fourth-order valence-corrected chi connectivity index (χ4v) is 2.18. The molecule has 0 fully saturated rings. The number of hydrogen-bond acceptors (Lipinski definition) is 2. The molecule has 0 aliphatic rings. The molecule has 0 saturated carbocycles. The molecule has 1 atom stereocenters. The van der Waals surface area contributed by atoms with E-state index >= 15 is 0 Å². The lowest BCUT2D eigenvalue weighted by Gasteiger charge is -2.27. The largest absolute Gasteiger partial charge is 0.371 e. The summed E-state index contributed by atoms with van der Waals surface area (Å²) in [6, 6.07) is 8.77. The normalized spacial score (nSPS) is 12.5. The number of hydrogen-bond donors (Lipinski definition) is 1. The molecule has 1 aromatic carbocycles. The highest BCUT2D eigenvalue weighted by Crippen LogP contribution is 2.17. The van der Waals surface area contributed by atoms with Crippen LogP contribution in [0.4, 0.5) is 5.69 Å². The predicted octanol–water partition coefficient (Wildman–Crippen LogP) is 3.20. The van der Waals surface area contributed by atoms with Crippen molar-refractivity contribution in [3.8, 4) is 0 Å². The molecule has 96 valence electrons. The second-order valence-electron chi connectivity index (χ2n) is 4.76. The van der Waals surface area contributed by atoms with E-state index in [1.807, 2.05) is 0 Å². The van der Waals surface area contributed by atoms with Crippen molar-refractivity contribution in [1.82, 2.24) is 0 Å². The lowest BCUT2D eigenvalue weighted by Crippen LogP contribution is -2.32. The maximum Gasteiger partial charge on any atom is 0.0366 e. The Kier molecular flexibility index (Phi) is 6.06. The van der Waals surface area contributed by atoms with Crippen molar-refractivity contribution in [3.63, 3.8) is 0 Å². The van der Waals surface area contributed by atoms with Crippen molar-refractivity contribution < 1.29 is 0 Å². The van der Waals surface area contributed by atoms with Crippen molar-refractivity contribution in [1.29, 1.82) is 0 Å². The highest BCUT2D eigenvalue weighted by Gasteiger charge is 2.11. The minimum absolute atomic E-state index is 0.612. The summed E-state index contributed by atoms with van der Waals surface area (Å²) in [5, 5.41) is 0. The molecule has 0 saturated heterocycles. The third-order valence-corrected chi connectivity index (χ3v) is 3.29. The summed E-state index contributed by atoms with van der Waals surface area (Å²) in [4.78, 5) is 2.42. The van der Waals surface area contributed by atoms with E-state index in [0.717, 1.165) is 19.6 Å². The Morgan fingerprint density at radius 2 is 1.82 bits per heavy atom. The molecule has 1 unspecified atom stereocenters. The van der Waals surface area contributed by atoms with Crippen LogP contribution < -0.4 is 10.6 Å². The Hall–Kier alpha value is -1.02. The molecule has 0 radical (unpaired) electrons. The van der Waals surface area contributed by atoms with E-state index in [9.17, 15) is 0 Å². The summed E-state index contributed by atoms with van der Waals surface area (Å²) < 4.78 is 0. The zero-order valence-electron chi connectivity index (χ0n) is 11.4. The van der Waals surface area contributed by atoms with Gasteiger partial charge in [-0.3, -0.25) is 0 Å². The van der Waals surface area contributed by atoms with E-state index in [1.54, 1.807) is 0 Å². The molecule has 0 heterocycles. The van der Waals surface area contributed by atoms with E-state index < -0.39 is 0 Å². The molecule has 2 nitrogen and oxygen atoms in total. The summed E-state index contributed by atoms with van der Waals surface area (Å²) in [7, 11) is 0. The third kappa shape index (κ3) is 4.39. The molecule has 1 aromatic rings. The lowest BCUT2D eigenvalue weighted by molar-refractivity contribution is 0.483. The zero-order chi connectivity index (χ0) is 12.7. The van der Waals surface area contributed by atoms with Crippen LogP contribution in [0, 0.1) is 12.8 Å². The molecule has 17 heavy (non-hydrogen) atoms. The van der Waals surface area contributed by atoms with E-state index in [2.05, 4.69) is 49.9 Å². The first-order valence-electron chi connectivity index (χ1n) is 6.72. The van der Waals surface area contributed by atoms with Crippen molar-refractivity contribution in [3.05, 3.63) is 29.8 Å². The predicted molar refractivity (Wildman–Crippen MR) is 76.5 cm³/mol. The average Bonchev–Trinajstić information content (AvgIpc) is 2.36. The third-order valence-electron chi connectivity index (χ3n) is 3.29.